The van der Waals surface area contributed by atoms with Gasteiger partial charge in [-0.1, -0.05) is 0 Å². The molecule has 0 bridgehead atoms. The number of aromatic nitrogens is 2. The van der Waals surface area contributed by atoms with Gasteiger partial charge in [-0.25, -0.2) is 0 Å². The molecule has 0 radical (unpaired) electrons. The van der Waals surface area contributed by atoms with Gasteiger partial charge in [-0.15, -0.1) is 11.6 Å². The van der Waals surface area contributed by atoms with Crippen molar-refractivity contribution in [2.75, 3.05) is 6.61 Å². The molecule has 6 heteroatoms. The maximum Gasteiger partial charge on any atom is 0.175 e. The van der Waals surface area contributed by atoms with Crippen LogP contribution in [0.4, 0.5) is 0 Å². The molecule has 1 heterocycles. The molecular weight excluding hydrogens is 356 g/mol. The highest BCUT2D eigenvalue weighted by molar-refractivity contribution is 9.10. The van der Waals surface area contributed by atoms with Crippen LogP contribution in [0.15, 0.2) is 22.7 Å². The molecule has 1 aromatic carbocycles. The van der Waals surface area contributed by atoms with Crippen molar-refractivity contribution in [3.63, 3.8) is 0 Å². The van der Waals surface area contributed by atoms with Gasteiger partial charge in [-0.05, 0) is 53.5 Å². The second-order valence-electron chi connectivity index (χ2n) is 4.66. The van der Waals surface area contributed by atoms with Gasteiger partial charge in [0.25, 0.3) is 0 Å². The van der Waals surface area contributed by atoms with Crippen LogP contribution in [-0.2, 0) is 19.5 Å². The van der Waals surface area contributed by atoms with Crippen LogP contribution >= 0.6 is 27.5 Å². The monoisotopic (exact) mass is 372 g/mol. The van der Waals surface area contributed by atoms with Gasteiger partial charge >= 0.3 is 0 Å². The third-order valence-electron chi connectivity index (χ3n) is 2.99. The Morgan fingerprint density at radius 2 is 2.05 bits per heavy atom. The van der Waals surface area contributed by atoms with E-state index in [-0.39, 0.29) is 0 Å². The van der Waals surface area contributed by atoms with E-state index >= 15 is 0 Å². The van der Waals surface area contributed by atoms with Gasteiger partial charge < -0.3 is 9.47 Å². The number of nitrogens with zero attached hydrogens (tertiary/aromatic N) is 2. The summed E-state index contributed by atoms with van der Waals surface area (Å²) >= 11 is 9.41. The molecule has 0 aliphatic heterocycles. The molecule has 114 valence electrons. The van der Waals surface area contributed by atoms with Crippen molar-refractivity contribution in [1.29, 1.82) is 0 Å². The molecule has 0 unspecified atom stereocenters. The predicted octanol–water partition coefficient (Wildman–Crippen LogP) is 4.21. The van der Waals surface area contributed by atoms with E-state index in [1.165, 1.54) is 0 Å². The average molecular weight is 374 g/mol. The number of halogens is 2. The van der Waals surface area contributed by atoms with Gasteiger partial charge in [0, 0.05) is 12.9 Å². The third-order valence-corrected chi connectivity index (χ3v) is 3.88. The summed E-state index contributed by atoms with van der Waals surface area (Å²) < 4.78 is 14.2. The van der Waals surface area contributed by atoms with Crippen molar-refractivity contribution < 1.29 is 9.47 Å². The lowest BCUT2D eigenvalue weighted by Crippen LogP contribution is -2.05. The van der Waals surface area contributed by atoms with Gasteiger partial charge in [0.05, 0.1) is 22.5 Å². The molecule has 21 heavy (non-hydrogen) atoms. The molecule has 2 rings (SSSR count). The maximum absolute atomic E-state index is 5.92. The van der Waals surface area contributed by atoms with Crippen LogP contribution in [0.2, 0.25) is 0 Å². The molecule has 0 aliphatic carbocycles. The fourth-order valence-electron chi connectivity index (χ4n) is 2.05. The van der Waals surface area contributed by atoms with Crippen molar-refractivity contribution in [2.24, 2.45) is 7.05 Å². The molecule has 0 N–H and O–H groups in total. The molecule has 4 nitrogen and oxygen atoms in total. The summed E-state index contributed by atoms with van der Waals surface area (Å²) in [5, 5.41) is 4.31. The summed E-state index contributed by atoms with van der Waals surface area (Å²) in [6.07, 6.45) is 0. The highest BCUT2D eigenvalue weighted by Crippen LogP contribution is 2.37. The smallest absolute Gasteiger partial charge is 0.175 e. The van der Waals surface area contributed by atoms with Crippen molar-refractivity contribution >= 4 is 27.5 Å². The molecule has 0 atom stereocenters. The fraction of sp³-hybridized carbons (Fsp3) is 0.400. The van der Waals surface area contributed by atoms with Gasteiger partial charge in [0.15, 0.2) is 11.5 Å². The van der Waals surface area contributed by atoms with E-state index in [4.69, 9.17) is 21.1 Å². The third kappa shape index (κ3) is 3.92. The number of benzene rings is 1. The normalized spacial score (nSPS) is 10.7. The minimum absolute atomic E-state index is 0.427. The zero-order valence-corrected chi connectivity index (χ0v) is 14.7. The van der Waals surface area contributed by atoms with E-state index in [9.17, 15) is 0 Å². The van der Waals surface area contributed by atoms with Crippen LogP contribution in [0.1, 0.15) is 23.9 Å². The Labute approximate surface area is 138 Å². The minimum Gasteiger partial charge on any atom is -0.490 e. The Hall–Kier alpha value is -1.20. The lowest BCUT2D eigenvalue weighted by Gasteiger charge is -2.15. The van der Waals surface area contributed by atoms with E-state index < -0.39 is 0 Å². The van der Waals surface area contributed by atoms with Gasteiger partial charge in [-0.2, -0.15) is 5.10 Å². The molecule has 2 aromatic rings. The largest absolute Gasteiger partial charge is 0.490 e. The summed E-state index contributed by atoms with van der Waals surface area (Å²) in [5.74, 6) is 1.81. The lowest BCUT2D eigenvalue weighted by molar-refractivity contribution is 0.261. The summed E-state index contributed by atoms with van der Waals surface area (Å²) in [6, 6.07) is 5.85. The molecule has 0 aliphatic rings. The molecule has 0 saturated carbocycles. The summed E-state index contributed by atoms with van der Waals surface area (Å²) in [4.78, 5) is 0. The van der Waals surface area contributed by atoms with Crippen LogP contribution in [0.3, 0.4) is 0 Å². The highest BCUT2D eigenvalue weighted by Gasteiger charge is 2.13. The average Bonchev–Trinajstić information content (AvgIpc) is 2.76. The van der Waals surface area contributed by atoms with Crippen molar-refractivity contribution in [3.05, 3.63) is 39.6 Å². The number of hydrogen-bond acceptors (Lipinski definition) is 3. The van der Waals surface area contributed by atoms with E-state index in [1.54, 1.807) is 0 Å². The first-order valence-corrected chi connectivity index (χ1v) is 8.01. The maximum atomic E-state index is 5.92. The number of alkyl halides is 1. The van der Waals surface area contributed by atoms with Gasteiger partial charge in [0.1, 0.15) is 6.61 Å². The lowest BCUT2D eigenvalue weighted by atomic mass is 10.2. The number of hydrogen-bond donors (Lipinski definition) is 0. The second-order valence-corrected chi connectivity index (χ2v) is 5.78. The Kier molecular flexibility index (Phi) is 5.53. The zero-order valence-electron chi connectivity index (χ0n) is 12.3. The topological polar surface area (TPSA) is 36.3 Å². The number of ether oxygens (including phenoxy) is 2. The molecule has 0 spiro atoms. The van der Waals surface area contributed by atoms with Gasteiger partial charge in [0.2, 0.25) is 0 Å². The van der Waals surface area contributed by atoms with E-state index in [0.29, 0.717) is 30.6 Å². The number of rotatable bonds is 6. The van der Waals surface area contributed by atoms with Crippen molar-refractivity contribution in [3.8, 4) is 11.5 Å². The first kappa shape index (κ1) is 16.2. The van der Waals surface area contributed by atoms with Crippen LogP contribution < -0.4 is 9.47 Å². The summed E-state index contributed by atoms with van der Waals surface area (Å²) in [5.41, 5.74) is 2.96. The highest BCUT2D eigenvalue weighted by atomic mass is 79.9. The molecular formula is C15H18BrClN2O2. The zero-order chi connectivity index (χ0) is 15.4. The van der Waals surface area contributed by atoms with Crippen LogP contribution in [0.25, 0.3) is 0 Å². The molecule has 0 amide bonds. The minimum atomic E-state index is 0.427. The first-order chi connectivity index (χ1) is 10.0. The Balaban J connectivity index is 2.24. The fourth-order valence-corrected chi connectivity index (χ4v) is 2.81. The quantitative estimate of drug-likeness (QED) is 0.712. The first-order valence-electron chi connectivity index (χ1n) is 6.68. The van der Waals surface area contributed by atoms with Crippen LogP contribution in [-0.4, -0.2) is 16.4 Å². The van der Waals surface area contributed by atoms with Crippen molar-refractivity contribution in [1.82, 2.24) is 9.78 Å². The summed E-state index contributed by atoms with van der Waals surface area (Å²) in [7, 11) is 1.90. The predicted molar refractivity (Wildman–Crippen MR) is 87.1 cm³/mol. The Morgan fingerprint density at radius 3 is 2.62 bits per heavy atom. The molecule has 1 aromatic heterocycles. The standard InChI is InChI=1S/C15H18BrClN2O2/c1-4-20-14-7-11(8-17)6-13(16)15(14)21-9-12-5-10(2)18-19(12)3/h5-7H,4,8-9H2,1-3H3. The SMILES string of the molecule is CCOc1cc(CCl)cc(Br)c1OCc1cc(C)nn1C. The molecule has 0 fully saturated rings. The summed E-state index contributed by atoms with van der Waals surface area (Å²) in [6.45, 7) is 4.89. The van der Waals surface area contributed by atoms with E-state index in [2.05, 4.69) is 21.0 Å². The van der Waals surface area contributed by atoms with E-state index in [0.717, 1.165) is 21.4 Å². The second kappa shape index (κ2) is 7.18. The number of aryl methyl sites for hydroxylation is 2. The van der Waals surface area contributed by atoms with Crippen LogP contribution in [0.5, 0.6) is 11.5 Å². The Bertz CT molecular complexity index is 628. The van der Waals surface area contributed by atoms with Gasteiger partial charge in [-0.3, -0.25) is 4.68 Å². The van der Waals surface area contributed by atoms with Crippen molar-refractivity contribution in [2.45, 2.75) is 26.3 Å². The molecule has 0 saturated heterocycles. The van der Waals surface area contributed by atoms with E-state index in [1.807, 2.05) is 43.8 Å². The van der Waals surface area contributed by atoms with Crippen LogP contribution in [0, 0.1) is 6.92 Å². The Morgan fingerprint density at radius 1 is 1.29 bits per heavy atom.